The third-order valence-corrected chi connectivity index (χ3v) is 8.69. The van der Waals surface area contributed by atoms with E-state index in [0.717, 1.165) is 51.4 Å². The fraction of sp³-hybridized carbons (Fsp3) is 0.818. The number of aliphatic carboxylic acids is 1. The molecule has 4 heteroatoms. The molecule has 0 aromatic heterocycles. The van der Waals surface area contributed by atoms with Crippen molar-refractivity contribution < 1.29 is 19.4 Å². The Labute approximate surface area is 156 Å². The van der Waals surface area contributed by atoms with Crippen LogP contribution in [0.4, 0.5) is 0 Å². The SMILES string of the molecule is CC(=O)OC1CC[C@@]2(C)C(=CCC3C4CCC(C(=O)O)[C@@]4(C)CCC32)C1. The highest BCUT2D eigenvalue weighted by Crippen LogP contribution is 2.66. The second-order valence-electron chi connectivity index (χ2n) is 9.75. The Hall–Kier alpha value is -1.32. The summed E-state index contributed by atoms with van der Waals surface area (Å²) in [7, 11) is 0. The first-order valence-corrected chi connectivity index (χ1v) is 10.4. The number of ether oxygens (including phenoxy) is 1. The summed E-state index contributed by atoms with van der Waals surface area (Å²) in [6, 6.07) is 0. The summed E-state index contributed by atoms with van der Waals surface area (Å²) in [5.74, 6) is 0.901. The van der Waals surface area contributed by atoms with Crippen LogP contribution in [-0.2, 0) is 14.3 Å². The monoisotopic (exact) mass is 360 g/mol. The molecule has 0 heterocycles. The first-order chi connectivity index (χ1) is 12.3. The summed E-state index contributed by atoms with van der Waals surface area (Å²) in [6.45, 7) is 6.17. The molecule has 0 amide bonds. The molecular formula is C22H32O4. The summed E-state index contributed by atoms with van der Waals surface area (Å²) < 4.78 is 5.50. The molecule has 1 N–H and O–H groups in total. The summed E-state index contributed by atoms with van der Waals surface area (Å²) in [5, 5.41) is 9.70. The fourth-order valence-corrected chi connectivity index (χ4v) is 7.37. The predicted octanol–water partition coefficient (Wildman–Crippen LogP) is 4.58. The van der Waals surface area contributed by atoms with Gasteiger partial charge in [-0.15, -0.1) is 0 Å². The minimum absolute atomic E-state index is 0.0242. The lowest BCUT2D eigenvalue weighted by molar-refractivity contribution is -0.151. The van der Waals surface area contributed by atoms with E-state index in [9.17, 15) is 14.7 Å². The van der Waals surface area contributed by atoms with E-state index < -0.39 is 5.97 Å². The number of carboxylic acid groups (broad SMARTS) is 1. The van der Waals surface area contributed by atoms with Crippen molar-refractivity contribution in [2.45, 2.75) is 78.2 Å². The van der Waals surface area contributed by atoms with Crippen molar-refractivity contribution in [2.75, 3.05) is 0 Å². The van der Waals surface area contributed by atoms with Crippen LogP contribution in [0.5, 0.6) is 0 Å². The van der Waals surface area contributed by atoms with Gasteiger partial charge in [0.1, 0.15) is 6.10 Å². The van der Waals surface area contributed by atoms with E-state index in [1.807, 2.05) is 0 Å². The van der Waals surface area contributed by atoms with Gasteiger partial charge in [-0.05, 0) is 73.5 Å². The molecule has 0 spiro atoms. The summed E-state index contributed by atoms with van der Waals surface area (Å²) in [6.07, 6.45) is 10.6. The van der Waals surface area contributed by atoms with E-state index in [1.165, 1.54) is 12.5 Å². The van der Waals surface area contributed by atoms with Crippen molar-refractivity contribution in [3.63, 3.8) is 0 Å². The molecule has 0 aliphatic heterocycles. The fourth-order valence-electron chi connectivity index (χ4n) is 7.37. The molecule has 0 aromatic carbocycles. The molecule has 0 bridgehead atoms. The lowest BCUT2D eigenvalue weighted by Crippen LogP contribution is -2.51. The van der Waals surface area contributed by atoms with Crippen molar-refractivity contribution in [3.8, 4) is 0 Å². The topological polar surface area (TPSA) is 63.6 Å². The largest absolute Gasteiger partial charge is 0.481 e. The van der Waals surface area contributed by atoms with Gasteiger partial charge < -0.3 is 9.84 Å². The molecule has 26 heavy (non-hydrogen) atoms. The zero-order valence-corrected chi connectivity index (χ0v) is 16.3. The van der Waals surface area contributed by atoms with Crippen LogP contribution in [0.15, 0.2) is 11.6 Å². The Kier molecular flexibility index (Phi) is 4.24. The zero-order valence-electron chi connectivity index (χ0n) is 16.3. The molecular weight excluding hydrogens is 328 g/mol. The summed E-state index contributed by atoms with van der Waals surface area (Å²) >= 11 is 0. The number of allylic oxidation sites excluding steroid dienone is 1. The Morgan fingerprint density at radius 1 is 1.12 bits per heavy atom. The van der Waals surface area contributed by atoms with Gasteiger partial charge in [0.25, 0.3) is 0 Å². The third kappa shape index (κ3) is 2.55. The lowest BCUT2D eigenvalue weighted by Gasteiger charge is -2.57. The molecule has 0 radical (unpaired) electrons. The molecule has 3 fully saturated rings. The molecule has 0 aromatic rings. The van der Waals surface area contributed by atoms with Crippen LogP contribution in [0.25, 0.3) is 0 Å². The highest BCUT2D eigenvalue weighted by Gasteiger charge is 2.60. The van der Waals surface area contributed by atoms with Crippen molar-refractivity contribution in [2.24, 2.45) is 34.5 Å². The summed E-state index contributed by atoms with van der Waals surface area (Å²) in [5.41, 5.74) is 1.68. The van der Waals surface area contributed by atoms with Crippen LogP contribution in [0.3, 0.4) is 0 Å². The van der Waals surface area contributed by atoms with Crippen LogP contribution >= 0.6 is 0 Å². The molecule has 0 saturated heterocycles. The maximum absolute atomic E-state index is 11.8. The lowest BCUT2D eigenvalue weighted by atomic mass is 9.47. The molecule has 4 aliphatic carbocycles. The van der Waals surface area contributed by atoms with Crippen LogP contribution in [0.1, 0.15) is 72.1 Å². The van der Waals surface area contributed by atoms with Gasteiger partial charge in [-0.2, -0.15) is 0 Å². The Bertz CT molecular complexity index is 653. The molecule has 3 saturated carbocycles. The first kappa shape index (κ1) is 18.1. The van der Waals surface area contributed by atoms with E-state index in [4.69, 9.17) is 4.74 Å². The second kappa shape index (κ2) is 6.10. The minimum atomic E-state index is -0.589. The number of rotatable bonds is 2. The smallest absolute Gasteiger partial charge is 0.307 e. The maximum atomic E-state index is 11.8. The number of hydrogen-bond donors (Lipinski definition) is 1. The number of esters is 1. The predicted molar refractivity (Wildman–Crippen MR) is 98.4 cm³/mol. The molecule has 7 atom stereocenters. The van der Waals surface area contributed by atoms with E-state index >= 15 is 0 Å². The highest BCUT2D eigenvalue weighted by atomic mass is 16.5. The van der Waals surface area contributed by atoms with Gasteiger partial charge in [0.15, 0.2) is 0 Å². The summed E-state index contributed by atoms with van der Waals surface area (Å²) in [4.78, 5) is 23.1. The van der Waals surface area contributed by atoms with Crippen LogP contribution in [-0.4, -0.2) is 23.1 Å². The zero-order chi connectivity index (χ0) is 18.7. The molecule has 4 nitrogen and oxygen atoms in total. The number of carbonyl (C=O) groups is 2. The quantitative estimate of drug-likeness (QED) is 0.578. The average molecular weight is 360 g/mol. The van der Waals surface area contributed by atoms with E-state index in [0.29, 0.717) is 17.8 Å². The van der Waals surface area contributed by atoms with Crippen LogP contribution < -0.4 is 0 Å². The standard InChI is InChI=1S/C22H32O4/c1-13(23)26-15-8-10-21(2)14(12-15)4-5-16-17-6-7-19(20(24)25)22(17,3)11-9-18(16)21/h4,15-19H,5-12H2,1-3H3,(H,24,25)/t15?,16?,17?,18?,19?,21-,22-/m0/s1. The number of carboxylic acids is 1. The second-order valence-corrected chi connectivity index (χ2v) is 9.75. The van der Waals surface area contributed by atoms with Crippen molar-refractivity contribution >= 4 is 11.9 Å². The number of carbonyl (C=O) groups excluding carboxylic acids is 1. The van der Waals surface area contributed by atoms with Crippen LogP contribution in [0.2, 0.25) is 0 Å². The van der Waals surface area contributed by atoms with Crippen LogP contribution in [0, 0.1) is 34.5 Å². The highest BCUT2D eigenvalue weighted by molar-refractivity contribution is 5.71. The Balaban J connectivity index is 1.59. The minimum Gasteiger partial charge on any atom is -0.481 e. The van der Waals surface area contributed by atoms with Gasteiger partial charge in [0, 0.05) is 13.3 Å². The van der Waals surface area contributed by atoms with E-state index in [1.54, 1.807) is 0 Å². The van der Waals surface area contributed by atoms with Gasteiger partial charge in [0.05, 0.1) is 5.92 Å². The van der Waals surface area contributed by atoms with Gasteiger partial charge in [-0.3, -0.25) is 9.59 Å². The Morgan fingerprint density at radius 2 is 1.88 bits per heavy atom. The third-order valence-electron chi connectivity index (χ3n) is 8.69. The van der Waals surface area contributed by atoms with E-state index in [-0.39, 0.29) is 28.8 Å². The average Bonchev–Trinajstić information content (AvgIpc) is 2.92. The van der Waals surface area contributed by atoms with Gasteiger partial charge >= 0.3 is 11.9 Å². The molecule has 4 aliphatic rings. The number of fused-ring (bicyclic) bond motifs is 5. The van der Waals surface area contributed by atoms with Gasteiger partial charge in [0.2, 0.25) is 0 Å². The van der Waals surface area contributed by atoms with Crippen molar-refractivity contribution in [1.82, 2.24) is 0 Å². The van der Waals surface area contributed by atoms with Crippen molar-refractivity contribution in [3.05, 3.63) is 11.6 Å². The normalized spacial score (nSPS) is 47.2. The van der Waals surface area contributed by atoms with Crippen molar-refractivity contribution in [1.29, 1.82) is 0 Å². The van der Waals surface area contributed by atoms with E-state index in [2.05, 4.69) is 19.9 Å². The maximum Gasteiger partial charge on any atom is 0.307 e. The van der Waals surface area contributed by atoms with Gasteiger partial charge in [-0.1, -0.05) is 25.5 Å². The number of hydrogen-bond acceptors (Lipinski definition) is 3. The molecule has 4 rings (SSSR count). The molecule has 144 valence electrons. The first-order valence-electron chi connectivity index (χ1n) is 10.4. The molecule has 5 unspecified atom stereocenters. The Morgan fingerprint density at radius 3 is 2.58 bits per heavy atom. The van der Waals surface area contributed by atoms with Gasteiger partial charge in [-0.25, -0.2) is 0 Å².